The van der Waals surface area contributed by atoms with Gasteiger partial charge in [0.15, 0.2) is 0 Å². The third-order valence-corrected chi connectivity index (χ3v) is 2.06. The van der Waals surface area contributed by atoms with Gasteiger partial charge in [-0.1, -0.05) is 12.1 Å². The molecule has 0 spiro atoms. The third kappa shape index (κ3) is 4.83. The van der Waals surface area contributed by atoms with Gasteiger partial charge in [0.05, 0.1) is 0 Å². The molecule has 0 amide bonds. The average molecular weight is 225 g/mol. The molecule has 1 N–H and O–H groups in total. The Labute approximate surface area is 105 Å². The Kier molecular flexibility index (Phi) is 5.46. The zero-order chi connectivity index (χ0) is 9.90. The van der Waals surface area contributed by atoms with Crippen molar-refractivity contribution < 1.29 is 44.0 Å². The fourth-order valence-electron chi connectivity index (χ4n) is 0.914. The van der Waals surface area contributed by atoms with Gasteiger partial charge < -0.3 is 1.43 Å². The molecule has 0 heterocycles. The van der Waals surface area contributed by atoms with Gasteiger partial charge in [0.25, 0.3) is 10.1 Å². The summed E-state index contributed by atoms with van der Waals surface area (Å²) in [7, 11) is -4.05. The van der Waals surface area contributed by atoms with E-state index in [9.17, 15) is 13.3 Å². The monoisotopic (exact) mass is 225 g/mol. The molecule has 0 aromatic heterocycles. The van der Waals surface area contributed by atoms with Crippen LogP contribution >= 0.6 is 0 Å². The zero-order valence-corrected chi connectivity index (χ0v) is 10.4. The van der Waals surface area contributed by atoms with Crippen LogP contribution < -0.4 is 29.6 Å². The topological polar surface area (TPSA) is 83.8 Å². The molecule has 0 aliphatic rings. The summed E-state index contributed by atoms with van der Waals surface area (Å²) in [6.45, 7) is 0. The van der Waals surface area contributed by atoms with Crippen molar-refractivity contribution in [3.05, 3.63) is 34.7 Å². The predicted molar refractivity (Wildman–Crippen MR) is 48.3 cm³/mol. The molecular weight excluding hydrogens is 217 g/mol. The van der Waals surface area contributed by atoms with Crippen molar-refractivity contribution in [2.75, 3.05) is 0 Å². The molecule has 1 aromatic rings. The van der Waals surface area contributed by atoms with Gasteiger partial charge in [-0.25, -0.2) is 0 Å². The minimum Gasteiger partial charge on any atom is -1.00 e. The molecule has 0 aliphatic heterocycles. The minimum absolute atomic E-state index is 0. The van der Waals surface area contributed by atoms with E-state index in [0.717, 1.165) is 0 Å². The molecule has 0 saturated carbocycles. The summed E-state index contributed by atoms with van der Waals surface area (Å²) in [5, 5.41) is 2.63. The number of rotatable bonds is 3. The standard InChI is InChI=1S/C7H7NO4S.Na.H/c9-8-7-3-1-2-6(4-7)5-13(10,11)12;;/h1-4H,5H2,(H,10,11,12);;/q;+1;-1. The van der Waals surface area contributed by atoms with Crippen molar-refractivity contribution in [1.82, 2.24) is 0 Å². The molecule has 14 heavy (non-hydrogen) atoms. The maximum Gasteiger partial charge on any atom is 1.00 e. The van der Waals surface area contributed by atoms with Gasteiger partial charge in [0.1, 0.15) is 11.4 Å². The van der Waals surface area contributed by atoms with Crippen LogP contribution in [0.2, 0.25) is 0 Å². The molecule has 7 heteroatoms. The molecule has 0 aliphatic carbocycles. The van der Waals surface area contributed by atoms with Gasteiger partial charge >= 0.3 is 29.6 Å². The summed E-state index contributed by atoms with van der Waals surface area (Å²) in [5.41, 5.74) is 0.473. The Hall–Kier alpha value is -0.270. The first kappa shape index (κ1) is 13.7. The van der Waals surface area contributed by atoms with E-state index in [4.69, 9.17) is 4.55 Å². The van der Waals surface area contributed by atoms with E-state index in [-0.39, 0.29) is 36.7 Å². The molecule has 0 atom stereocenters. The zero-order valence-electron chi connectivity index (χ0n) is 8.54. The minimum atomic E-state index is -4.05. The SMILES string of the molecule is O=Nc1cccc(CS(=O)(=O)O)c1.[H-].[Na+]. The maximum atomic E-state index is 10.4. The molecule has 0 fully saturated rings. The van der Waals surface area contributed by atoms with Crippen LogP contribution in [0, 0.1) is 4.91 Å². The van der Waals surface area contributed by atoms with Crippen LogP contribution in [0.4, 0.5) is 5.69 Å². The number of benzene rings is 1. The first-order valence-electron chi connectivity index (χ1n) is 3.39. The molecule has 72 valence electrons. The number of hydrogen-bond donors (Lipinski definition) is 1. The van der Waals surface area contributed by atoms with Crippen molar-refractivity contribution in [2.24, 2.45) is 5.18 Å². The number of nitroso groups, excluding NO2 is 1. The van der Waals surface area contributed by atoms with E-state index in [1.807, 2.05) is 0 Å². The molecule has 0 saturated heterocycles. The Morgan fingerprint density at radius 1 is 1.43 bits per heavy atom. The number of nitrogens with zero attached hydrogens (tertiary/aromatic N) is 1. The summed E-state index contributed by atoms with van der Waals surface area (Å²) >= 11 is 0. The second kappa shape index (κ2) is 5.57. The quantitative estimate of drug-likeness (QED) is 0.389. The van der Waals surface area contributed by atoms with E-state index in [2.05, 4.69) is 5.18 Å². The van der Waals surface area contributed by atoms with Crippen molar-refractivity contribution in [3.8, 4) is 0 Å². The molecule has 0 radical (unpaired) electrons. The maximum absolute atomic E-state index is 10.4. The summed E-state index contributed by atoms with van der Waals surface area (Å²) in [5.74, 6) is -0.504. The van der Waals surface area contributed by atoms with Crippen molar-refractivity contribution in [2.45, 2.75) is 5.75 Å². The normalized spacial score (nSPS) is 10.4. The Morgan fingerprint density at radius 2 is 2.07 bits per heavy atom. The summed E-state index contributed by atoms with van der Waals surface area (Å²) in [6, 6.07) is 5.74. The van der Waals surface area contributed by atoms with Gasteiger partial charge in [0.2, 0.25) is 0 Å². The Morgan fingerprint density at radius 3 is 2.57 bits per heavy atom. The van der Waals surface area contributed by atoms with Crippen LogP contribution in [-0.2, 0) is 15.9 Å². The fourth-order valence-corrected chi connectivity index (χ4v) is 1.51. The predicted octanol–water partition coefficient (Wildman–Crippen LogP) is -1.41. The summed E-state index contributed by atoms with van der Waals surface area (Å²) in [4.78, 5) is 10.1. The van der Waals surface area contributed by atoms with Crippen molar-refractivity contribution in [1.29, 1.82) is 0 Å². The molecule has 1 aromatic carbocycles. The first-order chi connectivity index (χ1) is 6.01. The van der Waals surface area contributed by atoms with E-state index in [1.54, 1.807) is 0 Å². The second-order valence-electron chi connectivity index (χ2n) is 2.49. The molecule has 0 bridgehead atoms. The fraction of sp³-hybridized carbons (Fsp3) is 0.143. The van der Waals surface area contributed by atoms with Crippen LogP contribution in [0.25, 0.3) is 0 Å². The van der Waals surface area contributed by atoms with Gasteiger partial charge in [-0.05, 0) is 22.9 Å². The van der Waals surface area contributed by atoms with Gasteiger partial charge in [0, 0.05) is 0 Å². The molecular formula is C7H8NNaO4S. The summed E-state index contributed by atoms with van der Waals surface area (Å²) < 4.78 is 29.4. The van der Waals surface area contributed by atoms with Crippen molar-refractivity contribution >= 4 is 15.8 Å². The largest absolute Gasteiger partial charge is 1.00 e. The molecule has 1 rings (SSSR count). The average Bonchev–Trinajstić information content (AvgIpc) is 2.01. The first-order valence-corrected chi connectivity index (χ1v) is 4.99. The van der Waals surface area contributed by atoms with Gasteiger partial charge in [-0.15, -0.1) is 4.91 Å². The van der Waals surface area contributed by atoms with E-state index >= 15 is 0 Å². The van der Waals surface area contributed by atoms with Crippen LogP contribution in [0.1, 0.15) is 6.99 Å². The molecule has 5 nitrogen and oxygen atoms in total. The smallest absolute Gasteiger partial charge is 1.00 e. The second-order valence-corrected chi connectivity index (χ2v) is 3.94. The van der Waals surface area contributed by atoms with Crippen LogP contribution in [0.5, 0.6) is 0 Å². The Bertz CT molecular complexity index is 423. The van der Waals surface area contributed by atoms with Crippen LogP contribution in [0.15, 0.2) is 29.4 Å². The third-order valence-electron chi connectivity index (χ3n) is 1.37. The van der Waals surface area contributed by atoms with E-state index in [1.165, 1.54) is 24.3 Å². The van der Waals surface area contributed by atoms with E-state index in [0.29, 0.717) is 5.56 Å². The van der Waals surface area contributed by atoms with Crippen LogP contribution in [-0.4, -0.2) is 13.0 Å². The van der Waals surface area contributed by atoms with Gasteiger partial charge in [-0.2, -0.15) is 8.42 Å². The van der Waals surface area contributed by atoms with E-state index < -0.39 is 15.9 Å². The molecule has 0 unspecified atom stereocenters. The van der Waals surface area contributed by atoms with Crippen LogP contribution in [0.3, 0.4) is 0 Å². The Balaban J connectivity index is 0. The number of hydrogen-bond acceptors (Lipinski definition) is 4. The summed E-state index contributed by atoms with van der Waals surface area (Å²) in [6.07, 6.45) is 0. The van der Waals surface area contributed by atoms with Crippen molar-refractivity contribution in [3.63, 3.8) is 0 Å². The van der Waals surface area contributed by atoms with Gasteiger partial charge in [-0.3, -0.25) is 4.55 Å².